The van der Waals surface area contributed by atoms with E-state index in [1.807, 2.05) is 0 Å². The lowest BCUT2D eigenvalue weighted by molar-refractivity contribution is 0.919. The van der Waals surface area contributed by atoms with Crippen LogP contribution < -0.4 is 5.56 Å². The second kappa shape index (κ2) is 6.28. The Hall–Kier alpha value is -1.95. The smallest absolute Gasteiger partial charge is 0.261 e. The fraction of sp³-hybridized carbons (Fsp3) is 0.0625. The average molecular weight is 364 g/mol. The molecule has 0 bridgehead atoms. The van der Waals surface area contributed by atoms with Crippen LogP contribution in [0.3, 0.4) is 0 Å². The third-order valence-corrected chi connectivity index (χ3v) is 4.34. The number of nitrogens with zero attached hydrogens (tertiary/aromatic N) is 2. The van der Waals surface area contributed by atoms with Gasteiger partial charge in [0.25, 0.3) is 5.56 Å². The van der Waals surface area contributed by atoms with Crippen LogP contribution in [0, 0.1) is 11.6 Å². The van der Waals surface area contributed by atoms with Gasteiger partial charge < -0.3 is 4.98 Å². The molecular formula is C16H11Cl2N3OS. The minimum absolute atomic E-state index is 0.188. The number of aromatic amines is 1. The maximum absolute atomic E-state index is 12.7. The normalized spacial score (nSPS) is 10.7. The first-order valence-corrected chi connectivity index (χ1v) is 7.87. The van der Waals surface area contributed by atoms with Crippen molar-refractivity contribution in [3.05, 3.63) is 73.5 Å². The first-order valence-electron chi connectivity index (χ1n) is 6.71. The van der Waals surface area contributed by atoms with Gasteiger partial charge in [-0.25, -0.2) is 4.98 Å². The van der Waals surface area contributed by atoms with Gasteiger partial charge in [-0.3, -0.25) is 9.36 Å². The van der Waals surface area contributed by atoms with E-state index < -0.39 is 0 Å². The second-order valence-electron chi connectivity index (χ2n) is 4.90. The molecule has 3 rings (SSSR count). The molecule has 116 valence electrons. The average Bonchev–Trinajstić information content (AvgIpc) is 2.52. The molecule has 2 aromatic heterocycles. The summed E-state index contributed by atoms with van der Waals surface area (Å²) in [5.41, 5.74) is 2.00. The highest BCUT2D eigenvalue weighted by Gasteiger charge is 2.14. The van der Waals surface area contributed by atoms with Crippen molar-refractivity contribution in [3.8, 4) is 16.9 Å². The lowest BCUT2D eigenvalue weighted by Gasteiger charge is -2.11. The molecule has 0 aliphatic heterocycles. The lowest BCUT2D eigenvalue weighted by Crippen LogP contribution is -2.22. The number of benzene rings is 1. The number of aromatic nitrogens is 3. The van der Waals surface area contributed by atoms with Crippen LogP contribution in [0.4, 0.5) is 0 Å². The van der Waals surface area contributed by atoms with Crippen molar-refractivity contribution < 1.29 is 0 Å². The van der Waals surface area contributed by atoms with Gasteiger partial charge in [0.05, 0.1) is 22.0 Å². The van der Waals surface area contributed by atoms with Crippen LogP contribution in [0.15, 0.2) is 47.7 Å². The number of halogens is 2. The SMILES string of the molecule is Cc1c(-c2c(Cl)cc[nH]c2=S)ncn(-c2ccc(Cl)cc2)c1=O. The maximum Gasteiger partial charge on any atom is 0.261 e. The first kappa shape index (κ1) is 15.9. The Labute approximate surface area is 147 Å². The molecule has 0 aliphatic carbocycles. The molecule has 3 aromatic rings. The Bertz CT molecular complexity index is 993. The van der Waals surface area contributed by atoms with E-state index in [4.69, 9.17) is 35.4 Å². The summed E-state index contributed by atoms with van der Waals surface area (Å²) in [6, 6.07) is 8.63. The Morgan fingerprint density at radius 1 is 1.17 bits per heavy atom. The van der Waals surface area contributed by atoms with Gasteiger partial charge in [-0.05, 0) is 37.3 Å². The standard InChI is InChI=1S/C16H11Cl2N3OS/c1-9-14(13-12(18)6-7-19-15(13)23)20-8-21(16(9)22)11-4-2-10(17)3-5-11/h2-8H,1H3,(H,19,23). The molecule has 0 amide bonds. The third-order valence-electron chi connectivity index (χ3n) is 3.45. The van der Waals surface area contributed by atoms with Gasteiger partial charge in [0.15, 0.2) is 0 Å². The van der Waals surface area contributed by atoms with E-state index in [9.17, 15) is 4.79 Å². The van der Waals surface area contributed by atoms with Gasteiger partial charge in [-0.15, -0.1) is 0 Å². The fourth-order valence-electron chi connectivity index (χ4n) is 2.26. The minimum atomic E-state index is -0.188. The maximum atomic E-state index is 12.7. The highest BCUT2D eigenvalue weighted by molar-refractivity contribution is 7.71. The Balaban J connectivity index is 2.21. The van der Waals surface area contributed by atoms with Crippen molar-refractivity contribution in [1.82, 2.24) is 14.5 Å². The van der Waals surface area contributed by atoms with Crippen LogP contribution in [-0.2, 0) is 0 Å². The van der Waals surface area contributed by atoms with Crippen molar-refractivity contribution in [3.63, 3.8) is 0 Å². The molecule has 4 nitrogen and oxygen atoms in total. The Kier molecular flexibility index (Phi) is 4.35. The molecule has 1 aromatic carbocycles. The minimum Gasteiger partial charge on any atom is -0.352 e. The van der Waals surface area contributed by atoms with Crippen LogP contribution >= 0.6 is 35.4 Å². The molecule has 0 unspecified atom stereocenters. The number of H-pyrrole nitrogens is 1. The number of hydrogen-bond donors (Lipinski definition) is 1. The summed E-state index contributed by atoms with van der Waals surface area (Å²) < 4.78 is 1.90. The zero-order valence-corrected chi connectivity index (χ0v) is 14.3. The molecule has 0 atom stereocenters. The van der Waals surface area contributed by atoms with Gasteiger partial charge in [0, 0.05) is 16.8 Å². The molecule has 7 heteroatoms. The van der Waals surface area contributed by atoms with Gasteiger partial charge in [-0.1, -0.05) is 35.4 Å². The van der Waals surface area contributed by atoms with Crippen LogP contribution in [0.25, 0.3) is 16.9 Å². The number of nitrogens with one attached hydrogen (secondary N) is 1. The van der Waals surface area contributed by atoms with E-state index in [2.05, 4.69) is 9.97 Å². The summed E-state index contributed by atoms with van der Waals surface area (Å²) in [6.45, 7) is 1.70. The van der Waals surface area contributed by atoms with E-state index >= 15 is 0 Å². The first-order chi connectivity index (χ1) is 11.0. The molecule has 0 saturated carbocycles. The Morgan fingerprint density at radius 3 is 2.52 bits per heavy atom. The molecule has 2 heterocycles. The van der Waals surface area contributed by atoms with Crippen molar-refractivity contribution in [1.29, 1.82) is 0 Å². The van der Waals surface area contributed by atoms with Crippen LogP contribution in [0.2, 0.25) is 10.0 Å². The molecule has 0 fully saturated rings. The van der Waals surface area contributed by atoms with Crippen molar-refractivity contribution in [2.24, 2.45) is 0 Å². The van der Waals surface area contributed by atoms with Crippen LogP contribution in [0.5, 0.6) is 0 Å². The summed E-state index contributed by atoms with van der Waals surface area (Å²) in [5.74, 6) is 0. The number of pyridine rings is 1. The summed E-state index contributed by atoms with van der Waals surface area (Å²) in [5, 5.41) is 1.05. The van der Waals surface area contributed by atoms with Gasteiger partial charge >= 0.3 is 0 Å². The zero-order chi connectivity index (χ0) is 16.6. The summed E-state index contributed by atoms with van der Waals surface area (Å²) in [6.07, 6.45) is 3.12. The lowest BCUT2D eigenvalue weighted by atomic mass is 10.1. The summed E-state index contributed by atoms with van der Waals surface area (Å²) >= 11 is 17.4. The van der Waals surface area contributed by atoms with Crippen LogP contribution in [-0.4, -0.2) is 14.5 Å². The van der Waals surface area contributed by atoms with Crippen molar-refractivity contribution in [2.75, 3.05) is 0 Å². The predicted octanol–water partition coefficient (Wildman–Crippen LogP) is 4.57. The molecule has 0 spiro atoms. The van der Waals surface area contributed by atoms with E-state index in [0.29, 0.717) is 37.2 Å². The molecule has 23 heavy (non-hydrogen) atoms. The van der Waals surface area contributed by atoms with Gasteiger partial charge in [0.2, 0.25) is 0 Å². The molecule has 0 aliphatic rings. The van der Waals surface area contributed by atoms with Gasteiger partial charge in [-0.2, -0.15) is 0 Å². The highest BCUT2D eigenvalue weighted by atomic mass is 35.5. The van der Waals surface area contributed by atoms with E-state index in [1.54, 1.807) is 43.5 Å². The van der Waals surface area contributed by atoms with E-state index in [-0.39, 0.29) is 5.56 Å². The Morgan fingerprint density at radius 2 is 1.87 bits per heavy atom. The van der Waals surface area contributed by atoms with Crippen molar-refractivity contribution >= 4 is 35.4 Å². The number of rotatable bonds is 2. The van der Waals surface area contributed by atoms with Crippen molar-refractivity contribution in [2.45, 2.75) is 6.92 Å². The number of hydrogen-bond acceptors (Lipinski definition) is 3. The molecule has 0 radical (unpaired) electrons. The fourth-order valence-corrected chi connectivity index (χ4v) is 2.96. The highest BCUT2D eigenvalue weighted by Crippen LogP contribution is 2.27. The van der Waals surface area contributed by atoms with E-state index in [0.717, 1.165) is 0 Å². The largest absolute Gasteiger partial charge is 0.352 e. The van der Waals surface area contributed by atoms with Gasteiger partial charge in [0.1, 0.15) is 11.0 Å². The third kappa shape index (κ3) is 2.95. The predicted molar refractivity (Wildman–Crippen MR) is 95.2 cm³/mol. The molecule has 0 saturated heterocycles. The second-order valence-corrected chi connectivity index (χ2v) is 6.15. The van der Waals surface area contributed by atoms with E-state index in [1.165, 1.54) is 10.9 Å². The monoisotopic (exact) mass is 363 g/mol. The zero-order valence-electron chi connectivity index (χ0n) is 12.0. The molecule has 1 N–H and O–H groups in total. The quantitative estimate of drug-likeness (QED) is 0.678. The summed E-state index contributed by atoms with van der Waals surface area (Å²) in [7, 11) is 0. The topological polar surface area (TPSA) is 50.7 Å². The summed E-state index contributed by atoms with van der Waals surface area (Å²) in [4.78, 5) is 20.0. The molecular weight excluding hydrogens is 353 g/mol. The van der Waals surface area contributed by atoms with Crippen LogP contribution in [0.1, 0.15) is 5.56 Å².